The topological polar surface area (TPSA) is 140 Å². The van der Waals surface area contributed by atoms with Crippen LogP contribution < -0.4 is 5.73 Å². The highest BCUT2D eigenvalue weighted by Gasteiger charge is 2.44. The lowest BCUT2D eigenvalue weighted by Gasteiger charge is -2.16. The van der Waals surface area contributed by atoms with Crippen LogP contribution in [0.4, 0.5) is 5.82 Å². The number of nitrogens with two attached hydrogens (primary N) is 1. The van der Waals surface area contributed by atoms with Crippen molar-refractivity contribution in [1.29, 1.82) is 0 Å². The summed E-state index contributed by atoms with van der Waals surface area (Å²) in [5.41, 5.74) is 6.63. The Bertz CT molecular complexity index is 812. The number of rotatable bonds is 4. The molecule has 9 heteroatoms. The van der Waals surface area contributed by atoms with Gasteiger partial charge in [0.15, 0.2) is 17.7 Å². The molecule has 9 nitrogen and oxygen atoms in total. The first kappa shape index (κ1) is 17.6. The molecule has 0 saturated carbocycles. The van der Waals surface area contributed by atoms with Crippen molar-refractivity contribution in [1.82, 2.24) is 19.5 Å². The van der Waals surface area contributed by atoms with Crippen molar-refractivity contribution in [2.45, 2.75) is 50.7 Å². The Hall–Kier alpha value is -2.25. The van der Waals surface area contributed by atoms with E-state index >= 15 is 0 Å². The van der Waals surface area contributed by atoms with Crippen LogP contribution in [0.25, 0.3) is 11.2 Å². The maximum Gasteiger partial charge on any atom is 0.208 e. The Balaban J connectivity index is 1.97. The number of unbranched alkanes of at least 4 members (excludes halogenated alkanes) is 2. The number of hydrogen-bond donors (Lipinski definition) is 4. The predicted octanol–water partition coefficient (Wildman–Crippen LogP) is -0.438. The molecule has 1 aliphatic heterocycles. The average molecular weight is 347 g/mol. The number of anilines is 1. The second-order valence-electron chi connectivity index (χ2n) is 5.89. The molecule has 3 rings (SSSR count). The van der Waals surface area contributed by atoms with E-state index in [-0.39, 0.29) is 11.6 Å². The highest BCUT2D eigenvalue weighted by molar-refractivity contribution is 5.82. The van der Waals surface area contributed by atoms with E-state index in [9.17, 15) is 15.3 Å². The number of nitrogens with zero attached hydrogens (tertiary/aromatic N) is 4. The molecule has 0 aromatic carbocycles. The highest BCUT2D eigenvalue weighted by Crippen LogP contribution is 2.31. The van der Waals surface area contributed by atoms with Crippen molar-refractivity contribution in [3.05, 3.63) is 12.2 Å². The molecule has 0 bridgehead atoms. The molecule has 1 saturated heterocycles. The molecule has 0 spiro atoms. The van der Waals surface area contributed by atoms with Crippen LogP contribution in [0, 0.1) is 11.8 Å². The Labute approximate surface area is 144 Å². The van der Waals surface area contributed by atoms with Gasteiger partial charge >= 0.3 is 0 Å². The van der Waals surface area contributed by atoms with Crippen LogP contribution in [0.1, 0.15) is 38.2 Å². The smallest absolute Gasteiger partial charge is 0.208 e. The molecule has 0 amide bonds. The lowest BCUT2D eigenvalue weighted by Crippen LogP contribution is -2.33. The van der Waals surface area contributed by atoms with Gasteiger partial charge in [-0.2, -0.15) is 0 Å². The summed E-state index contributed by atoms with van der Waals surface area (Å²) < 4.78 is 6.98. The third-order valence-corrected chi connectivity index (χ3v) is 4.10. The molecule has 1 unspecified atom stereocenters. The molecular formula is C16H21N5O4. The van der Waals surface area contributed by atoms with Gasteiger partial charge in [0.2, 0.25) is 5.82 Å². The molecule has 0 aliphatic carbocycles. The Morgan fingerprint density at radius 1 is 1.32 bits per heavy atom. The van der Waals surface area contributed by atoms with E-state index in [4.69, 9.17) is 10.5 Å². The van der Waals surface area contributed by atoms with E-state index in [0.717, 1.165) is 19.3 Å². The van der Waals surface area contributed by atoms with Crippen LogP contribution in [-0.2, 0) is 4.74 Å². The summed E-state index contributed by atoms with van der Waals surface area (Å²) in [5.74, 6) is 6.30. The summed E-state index contributed by atoms with van der Waals surface area (Å²) in [5, 5.41) is 29.3. The van der Waals surface area contributed by atoms with E-state index in [2.05, 4.69) is 33.7 Å². The number of nitrogen functional groups attached to an aromatic ring is 1. The molecule has 5 N–H and O–H groups in total. The second-order valence-corrected chi connectivity index (χ2v) is 5.89. The van der Waals surface area contributed by atoms with Crippen LogP contribution in [0.15, 0.2) is 6.33 Å². The van der Waals surface area contributed by atoms with Crippen LogP contribution >= 0.6 is 0 Å². The van der Waals surface area contributed by atoms with Crippen LogP contribution in [-0.4, -0.2) is 59.8 Å². The standard InChI is InChI=1S/C16H21N5O4/c1-2-3-4-5-6-10-19-14(17)11-15(20-10)21(8-18-11)16-13(24)12(23)9(7-22)25-16/h8-9,12-13,16,22-24H,2-4,7H2,1H3,(H2,17,19,20)/t9-,12-,13?,16-/m1/s1. The Morgan fingerprint density at radius 3 is 2.80 bits per heavy atom. The zero-order valence-electron chi connectivity index (χ0n) is 13.8. The number of hydrogen-bond acceptors (Lipinski definition) is 8. The van der Waals surface area contributed by atoms with Gasteiger partial charge < -0.3 is 25.8 Å². The summed E-state index contributed by atoms with van der Waals surface area (Å²) in [7, 11) is 0. The van der Waals surface area contributed by atoms with Crippen molar-refractivity contribution in [2.75, 3.05) is 12.3 Å². The fourth-order valence-corrected chi connectivity index (χ4v) is 2.70. The monoisotopic (exact) mass is 347 g/mol. The predicted molar refractivity (Wildman–Crippen MR) is 89.1 cm³/mol. The van der Waals surface area contributed by atoms with E-state index in [0.29, 0.717) is 11.2 Å². The largest absolute Gasteiger partial charge is 0.394 e. The summed E-state index contributed by atoms with van der Waals surface area (Å²) in [6, 6.07) is 0. The molecular weight excluding hydrogens is 326 g/mol. The molecule has 1 aliphatic rings. The normalized spacial score (nSPS) is 25.9. The summed E-state index contributed by atoms with van der Waals surface area (Å²) >= 11 is 0. The van der Waals surface area contributed by atoms with Crippen molar-refractivity contribution in [3.8, 4) is 11.8 Å². The molecule has 3 heterocycles. The molecule has 1 fully saturated rings. The zero-order chi connectivity index (χ0) is 18.0. The first-order valence-corrected chi connectivity index (χ1v) is 8.18. The minimum Gasteiger partial charge on any atom is -0.394 e. The number of imidazole rings is 1. The van der Waals surface area contributed by atoms with Gasteiger partial charge in [-0.3, -0.25) is 4.57 Å². The lowest BCUT2D eigenvalue weighted by molar-refractivity contribution is -0.0511. The summed E-state index contributed by atoms with van der Waals surface area (Å²) in [6.45, 7) is 1.67. The number of aromatic nitrogens is 4. The molecule has 134 valence electrons. The first-order valence-electron chi connectivity index (χ1n) is 8.18. The number of aliphatic hydroxyl groups is 3. The number of fused-ring (bicyclic) bond motifs is 1. The summed E-state index contributed by atoms with van der Waals surface area (Å²) in [6.07, 6.45) is -0.0713. The van der Waals surface area contributed by atoms with E-state index in [1.54, 1.807) is 0 Å². The maximum atomic E-state index is 10.2. The zero-order valence-corrected chi connectivity index (χ0v) is 13.8. The third kappa shape index (κ3) is 3.29. The first-order chi connectivity index (χ1) is 12.1. The Morgan fingerprint density at radius 2 is 2.12 bits per heavy atom. The fraction of sp³-hybridized carbons (Fsp3) is 0.562. The highest BCUT2D eigenvalue weighted by atomic mass is 16.6. The van der Waals surface area contributed by atoms with Gasteiger partial charge in [-0.25, -0.2) is 15.0 Å². The number of aliphatic hydroxyl groups excluding tert-OH is 3. The molecule has 25 heavy (non-hydrogen) atoms. The quantitative estimate of drug-likeness (QED) is 0.431. The van der Waals surface area contributed by atoms with Gasteiger partial charge in [0, 0.05) is 6.42 Å². The van der Waals surface area contributed by atoms with Crippen molar-refractivity contribution < 1.29 is 20.1 Å². The molecule has 0 radical (unpaired) electrons. The van der Waals surface area contributed by atoms with Crippen LogP contribution in [0.5, 0.6) is 0 Å². The average Bonchev–Trinajstić information content (AvgIpc) is 3.14. The minimum absolute atomic E-state index is 0.176. The van der Waals surface area contributed by atoms with Crippen molar-refractivity contribution in [3.63, 3.8) is 0 Å². The fourth-order valence-electron chi connectivity index (χ4n) is 2.70. The lowest BCUT2D eigenvalue weighted by atomic mass is 10.1. The van der Waals surface area contributed by atoms with Gasteiger partial charge in [0.05, 0.1) is 12.9 Å². The van der Waals surface area contributed by atoms with Gasteiger partial charge in [-0.15, -0.1) is 0 Å². The molecule has 2 aromatic heterocycles. The number of ether oxygens (including phenoxy) is 1. The van der Waals surface area contributed by atoms with E-state index in [1.165, 1.54) is 10.9 Å². The van der Waals surface area contributed by atoms with Crippen molar-refractivity contribution >= 4 is 17.0 Å². The van der Waals surface area contributed by atoms with Gasteiger partial charge in [0.25, 0.3) is 0 Å². The second kappa shape index (κ2) is 7.33. The van der Waals surface area contributed by atoms with Crippen LogP contribution in [0.2, 0.25) is 0 Å². The Kier molecular flexibility index (Phi) is 5.15. The van der Waals surface area contributed by atoms with Gasteiger partial charge in [-0.1, -0.05) is 19.3 Å². The SMILES string of the molecule is CCCCC#Cc1nc(N)c2ncn([C@@H]3O[C@H](CO)[C@@H](O)C3O)c2n1. The molecule has 2 aromatic rings. The minimum atomic E-state index is -1.23. The third-order valence-electron chi connectivity index (χ3n) is 4.10. The van der Waals surface area contributed by atoms with E-state index < -0.39 is 31.1 Å². The maximum absolute atomic E-state index is 10.2. The van der Waals surface area contributed by atoms with Gasteiger partial charge in [0.1, 0.15) is 23.8 Å². The van der Waals surface area contributed by atoms with E-state index in [1.807, 2.05) is 0 Å². The van der Waals surface area contributed by atoms with Crippen LogP contribution in [0.3, 0.4) is 0 Å². The molecule has 4 atom stereocenters. The summed E-state index contributed by atoms with van der Waals surface area (Å²) in [4.78, 5) is 12.6. The van der Waals surface area contributed by atoms with Gasteiger partial charge in [-0.05, 0) is 12.3 Å². The van der Waals surface area contributed by atoms with Crippen molar-refractivity contribution in [2.24, 2.45) is 0 Å².